The second kappa shape index (κ2) is 24.3. The summed E-state index contributed by atoms with van der Waals surface area (Å²) in [5.74, 6) is -0.422. The predicted octanol–water partition coefficient (Wildman–Crippen LogP) is 12.7. The quantitative estimate of drug-likeness (QED) is 0.0426. The topological polar surface area (TPSA) is 168 Å². The van der Waals surface area contributed by atoms with Gasteiger partial charge in [0, 0.05) is 17.7 Å². The first kappa shape index (κ1) is 52.4. The molecule has 0 aromatic heterocycles. The highest BCUT2D eigenvalue weighted by atomic mass is 16.6. The van der Waals surface area contributed by atoms with Crippen molar-refractivity contribution >= 4 is 29.7 Å². The summed E-state index contributed by atoms with van der Waals surface area (Å²) in [6.07, 6.45) is 0. The molecule has 0 fully saturated rings. The standard InChI is InChI=1S/C64H48O14/c1-70-55-36-53(56(71-2)35-52(55)60(65)45-13-9-6-10-14-45)63(68)77-48-27-23-43(24-28-48)41-15-19-46(20-16-41)61(66)75-50-31-33-51(34-32-50)76-62(67)47-21-17-42(18-22-47)44-25-29-49(30-26-44)78-64(69)54-37-58(73-4)59(38-57(54)72-3)74-39-40-11-7-5-8-12-40/h5-38H,39H2,1-4H3. The number of ketones is 1. The van der Waals surface area contributed by atoms with E-state index in [1.165, 1.54) is 70.9 Å². The Hall–Kier alpha value is -10.5. The van der Waals surface area contributed by atoms with Crippen molar-refractivity contribution in [2.24, 2.45) is 0 Å². The molecule has 0 N–H and O–H groups in total. The van der Waals surface area contributed by atoms with Crippen LogP contribution in [0.2, 0.25) is 0 Å². The van der Waals surface area contributed by atoms with Crippen molar-refractivity contribution in [3.05, 3.63) is 245 Å². The summed E-state index contributed by atoms with van der Waals surface area (Å²) >= 11 is 0. The fourth-order valence-electron chi connectivity index (χ4n) is 8.12. The zero-order chi connectivity index (χ0) is 54.5. The van der Waals surface area contributed by atoms with Gasteiger partial charge in [-0.05, 0) is 113 Å². The monoisotopic (exact) mass is 1040 g/mol. The molecule has 0 aliphatic heterocycles. The van der Waals surface area contributed by atoms with Crippen LogP contribution < -0.4 is 42.6 Å². The van der Waals surface area contributed by atoms with Crippen molar-refractivity contribution in [3.63, 3.8) is 0 Å². The van der Waals surface area contributed by atoms with Crippen LogP contribution in [0.3, 0.4) is 0 Å². The molecule has 14 heteroatoms. The Morgan fingerprint density at radius 2 is 0.641 bits per heavy atom. The Balaban J connectivity index is 0.747. The van der Waals surface area contributed by atoms with E-state index in [0.29, 0.717) is 40.5 Å². The molecule has 0 atom stereocenters. The molecular weight excluding hydrogens is 993 g/mol. The lowest BCUT2D eigenvalue weighted by atomic mass is 10.00. The predicted molar refractivity (Wildman–Crippen MR) is 290 cm³/mol. The maximum absolute atomic E-state index is 13.3. The van der Waals surface area contributed by atoms with Gasteiger partial charge in [-0.2, -0.15) is 0 Å². The third-order valence-electron chi connectivity index (χ3n) is 12.2. The molecule has 0 radical (unpaired) electrons. The summed E-state index contributed by atoms with van der Waals surface area (Å²) < 4.78 is 50.5. The van der Waals surface area contributed by atoms with E-state index in [1.807, 2.05) is 36.4 Å². The smallest absolute Gasteiger partial charge is 0.347 e. The minimum Gasteiger partial charge on any atom is -0.496 e. The van der Waals surface area contributed by atoms with Gasteiger partial charge in [-0.1, -0.05) is 109 Å². The number of ether oxygens (including phenoxy) is 9. The van der Waals surface area contributed by atoms with Crippen LogP contribution in [0.1, 0.15) is 62.9 Å². The number of rotatable bonds is 19. The Kier molecular flexibility index (Phi) is 16.3. The van der Waals surface area contributed by atoms with E-state index in [1.54, 1.807) is 127 Å². The number of benzene rings is 9. The number of methoxy groups -OCH3 is 4. The Labute approximate surface area is 448 Å². The molecule has 0 bridgehead atoms. The van der Waals surface area contributed by atoms with Crippen LogP contribution in [0.5, 0.6) is 51.7 Å². The highest BCUT2D eigenvalue weighted by molar-refractivity contribution is 6.12. The summed E-state index contributed by atoms with van der Waals surface area (Å²) in [6, 6.07) is 57.8. The molecule has 388 valence electrons. The summed E-state index contributed by atoms with van der Waals surface area (Å²) in [6.45, 7) is 0.296. The fourth-order valence-corrected chi connectivity index (χ4v) is 8.12. The summed E-state index contributed by atoms with van der Waals surface area (Å²) in [4.78, 5) is 66.1. The normalized spacial score (nSPS) is 10.6. The highest BCUT2D eigenvalue weighted by Gasteiger charge is 2.24. The third-order valence-corrected chi connectivity index (χ3v) is 12.2. The highest BCUT2D eigenvalue weighted by Crippen LogP contribution is 2.37. The molecule has 0 aliphatic carbocycles. The SMILES string of the molecule is COc1cc(C(=O)Oc2ccc(-c3ccc(C(=O)Oc4ccc(OC(=O)c5ccc(-c6ccc(OC(=O)c7cc(OC)c(C(=O)c8ccccc8)cc7OC)cc6)cc5)cc4)cc3)cc2)c(OC)cc1OCc1ccccc1. The lowest BCUT2D eigenvalue weighted by Crippen LogP contribution is -2.12. The Bertz CT molecular complexity index is 3600. The van der Waals surface area contributed by atoms with Gasteiger partial charge in [-0.3, -0.25) is 4.79 Å². The third kappa shape index (κ3) is 12.4. The van der Waals surface area contributed by atoms with Crippen molar-refractivity contribution in [1.29, 1.82) is 0 Å². The second-order valence-electron chi connectivity index (χ2n) is 17.2. The number of carbonyl (C=O) groups is 5. The van der Waals surface area contributed by atoms with Gasteiger partial charge in [0.25, 0.3) is 0 Å². The maximum Gasteiger partial charge on any atom is 0.347 e. The molecule has 9 rings (SSSR count). The largest absolute Gasteiger partial charge is 0.496 e. The molecule has 0 spiro atoms. The van der Waals surface area contributed by atoms with E-state index in [-0.39, 0.29) is 57.0 Å². The van der Waals surface area contributed by atoms with E-state index >= 15 is 0 Å². The van der Waals surface area contributed by atoms with Gasteiger partial charge in [0.1, 0.15) is 58.0 Å². The zero-order valence-electron chi connectivity index (χ0n) is 42.6. The van der Waals surface area contributed by atoms with Crippen LogP contribution in [0.15, 0.2) is 206 Å². The summed E-state index contributed by atoms with van der Waals surface area (Å²) in [5.41, 5.74) is 5.69. The van der Waals surface area contributed by atoms with Gasteiger partial charge in [0.05, 0.1) is 45.1 Å². The molecule has 0 saturated heterocycles. The summed E-state index contributed by atoms with van der Waals surface area (Å²) in [5, 5.41) is 0. The Morgan fingerprint density at radius 1 is 0.308 bits per heavy atom. The lowest BCUT2D eigenvalue weighted by molar-refractivity contribution is 0.0719. The molecule has 0 aliphatic rings. The fraction of sp³-hybridized carbons (Fsp3) is 0.0781. The van der Waals surface area contributed by atoms with E-state index in [4.69, 9.17) is 42.6 Å². The van der Waals surface area contributed by atoms with Crippen LogP contribution in [-0.4, -0.2) is 58.1 Å². The minimum absolute atomic E-state index is 0.0736. The molecule has 0 saturated carbocycles. The van der Waals surface area contributed by atoms with Crippen LogP contribution in [0.4, 0.5) is 0 Å². The molecule has 9 aromatic rings. The Morgan fingerprint density at radius 3 is 1.06 bits per heavy atom. The van der Waals surface area contributed by atoms with Gasteiger partial charge in [0.15, 0.2) is 17.3 Å². The lowest BCUT2D eigenvalue weighted by Gasteiger charge is -2.15. The first-order valence-corrected chi connectivity index (χ1v) is 24.2. The van der Waals surface area contributed by atoms with E-state index in [2.05, 4.69) is 0 Å². The van der Waals surface area contributed by atoms with E-state index in [9.17, 15) is 24.0 Å². The van der Waals surface area contributed by atoms with Crippen molar-refractivity contribution in [2.45, 2.75) is 6.61 Å². The number of hydrogen-bond acceptors (Lipinski definition) is 14. The zero-order valence-corrected chi connectivity index (χ0v) is 42.6. The molecular formula is C64H48O14. The van der Waals surface area contributed by atoms with Crippen LogP contribution >= 0.6 is 0 Å². The molecule has 9 aromatic carbocycles. The van der Waals surface area contributed by atoms with Gasteiger partial charge in [-0.15, -0.1) is 0 Å². The minimum atomic E-state index is -0.711. The number of hydrogen-bond donors (Lipinski definition) is 0. The molecule has 0 unspecified atom stereocenters. The summed E-state index contributed by atoms with van der Waals surface area (Å²) in [7, 11) is 5.75. The van der Waals surface area contributed by atoms with Gasteiger partial charge in [0.2, 0.25) is 0 Å². The van der Waals surface area contributed by atoms with Crippen LogP contribution in [0.25, 0.3) is 22.3 Å². The first-order chi connectivity index (χ1) is 38.0. The molecule has 78 heavy (non-hydrogen) atoms. The van der Waals surface area contributed by atoms with Crippen LogP contribution in [-0.2, 0) is 6.61 Å². The van der Waals surface area contributed by atoms with E-state index in [0.717, 1.165) is 27.8 Å². The van der Waals surface area contributed by atoms with Crippen molar-refractivity contribution in [3.8, 4) is 74.0 Å². The maximum atomic E-state index is 13.3. The second-order valence-corrected chi connectivity index (χ2v) is 17.2. The number of carbonyl (C=O) groups excluding carboxylic acids is 5. The molecule has 0 amide bonds. The molecule has 14 nitrogen and oxygen atoms in total. The first-order valence-electron chi connectivity index (χ1n) is 24.2. The van der Waals surface area contributed by atoms with Crippen molar-refractivity contribution in [1.82, 2.24) is 0 Å². The van der Waals surface area contributed by atoms with Crippen molar-refractivity contribution < 1.29 is 66.6 Å². The average molecular weight is 1040 g/mol. The molecule has 0 heterocycles. The van der Waals surface area contributed by atoms with Crippen LogP contribution in [0, 0.1) is 0 Å². The number of esters is 4. The average Bonchev–Trinajstić information content (AvgIpc) is 3.49. The van der Waals surface area contributed by atoms with Gasteiger partial charge >= 0.3 is 23.9 Å². The van der Waals surface area contributed by atoms with E-state index < -0.39 is 23.9 Å². The van der Waals surface area contributed by atoms with Gasteiger partial charge < -0.3 is 42.6 Å². The van der Waals surface area contributed by atoms with Crippen molar-refractivity contribution in [2.75, 3.05) is 28.4 Å². The van der Waals surface area contributed by atoms with Gasteiger partial charge in [-0.25, -0.2) is 19.2 Å².